The number of amides is 1. The van der Waals surface area contributed by atoms with Crippen LogP contribution in [0.4, 0.5) is 11.4 Å². The summed E-state index contributed by atoms with van der Waals surface area (Å²) in [4.78, 5) is 38.6. The number of Topliss-reactive ketones (excluding diaryl/α,β-unsaturated/α-hetero) is 1. The lowest BCUT2D eigenvalue weighted by Crippen LogP contribution is -2.41. The molecule has 0 fully saturated rings. The minimum absolute atomic E-state index is 0.0698. The summed E-state index contributed by atoms with van der Waals surface area (Å²) in [5.41, 5.74) is -0.429. The predicted octanol–water partition coefficient (Wildman–Crippen LogP) is 4.76. The number of carbonyl (C=O) groups excluding carboxylic acids is 2. The van der Waals surface area contributed by atoms with Crippen LogP contribution in [0.15, 0.2) is 91.0 Å². The van der Waals surface area contributed by atoms with E-state index < -0.39 is 28.6 Å². The summed E-state index contributed by atoms with van der Waals surface area (Å²) < 4.78 is 0. The molecule has 0 saturated carbocycles. The van der Waals surface area contributed by atoms with Crippen molar-refractivity contribution in [3.05, 3.63) is 118 Å². The van der Waals surface area contributed by atoms with Gasteiger partial charge in [0.15, 0.2) is 11.4 Å². The number of hydrogen-bond acceptors (Lipinski definition) is 5. The molecule has 34 heavy (non-hydrogen) atoms. The summed E-state index contributed by atoms with van der Waals surface area (Å²) in [6, 6.07) is 25.8. The van der Waals surface area contributed by atoms with Crippen LogP contribution in [0, 0.1) is 10.1 Å². The monoisotopic (exact) mass is 452 g/mol. The first-order valence-electron chi connectivity index (χ1n) is 10.8. The number of fused-ring (bicyclic) bond motifs is 2. The Bertz CT molecular complexity index is 1460. The highest BCUT2D eigenvalue weighted by Gasteiger charge is 2.50. The van der Waals surface area contributed by atoms with Crippen molar-refractivity contribution < 1.29 is 19.6 Å². The normalized spacial score (nSPS) is 17.1. The van der Waals surface area contributed by atoms with Crippen LogP contribution < -0.4 is 4.90 Å². The average molecular weight is 452 g/mol. The number of non-ortho nitro benzene ring substituents is 1. The van der Waals surface area contributed by atoms with Crippen molar-refractivity contribution in [1.29, 1.82) is 0 Å². The summed E-state index contributed by atoms with van der Waals surface area (Å²) in [5, 5.41) is 24.7. The molecule has 1 N–H and O–H groups in total. The molecule has 0 aliphatic carbocycles. The van der Waals surface area contributed by atoms with Crippen LogP contribution in [0.3, 0.4) is 0 Å². The van der Waals surface area contributed by atoms with Gasteiger partial charge < -0.3 is 10.0 Å². The second kappa shape index (κ2) is 8.20. The number of hydrogen-bond donors (Lipinski definition) is 1. The van der Waals surface area contributed by atoms with Crippen LogP contribution >= 0.6 is 0 Å². The zero-order chi connectivity index (χ0) is 23.9. The van der Waals surface area contributed by atoms with E-state index in [1.54, 1.807) is 24.3 Å². The Morgan fingerprint density at radius 1 is 0.941 bits per heavy atom. The number of nitro benzene ring substituents is 1. The molecule has 0 unspecified atom stereocenters. The molecule has 0 saturated heterocycles. The highest BCUT2D eigenvalue weighted by atomic mass is 16.6. The van der Waals surface area contributed by atoms with E-state index in [4.69, 9.17) is 0 Å². The number of nitrogens with zero attached hydrogens (tertiary/aromatic N) is 2. The molecule has 4 aromatic rings. The SMILES string of the molecule is O=C(C[C@]1(O)C(=O)N(Cc2cccc3ccccc23)c2ccccc21)c1cccc([N+](=O)[O-])c1. The minimum atomic E-state index is -2.07. The summed E-state index contributed by atoms with van der Waals surface area (Å²) in [7, 11) is 0. The fourth-order valence-corrected chi connectivity index (χ4v) is 4.56. The average Bonchev–Trinajstić information content (AvgIpc) is 3.06. The number of para-hydroxylation sites is 1. The molecule has 7 heteroatoms. The number of carbonyl (C=O) groups is 2. The van der Waals surface area contributed by atoms with E-state index in [0.717, 1.165) is 22.4 Å². The van der Waals surface area contributed by atoms with Gasteiger partial charge in [-0.05, 0) is 22.4 Å². The van der Waals surface area contributed by atoms with Crippen molar-refractivity contribution in [1.82, 2.24) is 0 Å². The lowest BCUT2D eigenvalue weighted by molar-refractivity contribution is -0.384. The molecule has 7 nitrogen and oxygen atoms in total. The molecule has 1 atom stereocenters. The lowest BCUT2D eigenvalue weighted by atomic mass is 9.88. The van der Waals surface area contributed by atoms with Crippen LogP contribution in [0.5, 0.6) is 0 Å². The molecule has 1 heterocycles. The van der Waals surface area contributed by atoms with Gasteiger partial charge in [-0.15, -0.1) is 0 Å². The molecular weight excluding hydrogens is 432 g/mol. The third-order valence-corrected chi connectivity index (χ3v) is 6.24. The highest BCUT2D eigenvalue weighted by molar-refractivity contribution is 6.11. The van der Waals surface area contributed by atoms with E-state index in [9.17, 15) is 24.8 Å². The quantitative estimate of drug-likeness (QED) is 0.258. The fourth-order valence-electron chi connectivity index (χ4n) is 4.56. The van der Waals surface area contributed by atoms with Gasteiger partial charge in [-0.2, -0.15) is 0 Å². The molecule has 0 radical (unpaired) electrons. The standard InChI is InChI=1S/C27H20N2O5/c30-25(19-9-6-11-21(15-19)29(33)34)16-27(32)23-13-3-4-14-24(23)28(26(27)31)17-20-10-5-8-18-7-1-2-12-22(18)20/h1-15,32H,16-17H2/t27-/m1/s1. The third kappa shape index (κ3) is 3.52. The number of aliphatic hydroxyl groups is 1. The smallest absolute Gasteiger partial charge is 0.270 e. The minimum Gasteiger partial charge on any atom is -0.375 e. The Morgan fingerprint density at radius 2 is 1.65 bits per heavy atom. The van der Waals surface area contributed by atoms with Crippen LogP contribution in [0.25, 0.3) is 10.8 Å². The number of rotatable bonds is 6. The van der Waals surface area contributed by atoms with Crippen molar-refractivity contribution >= 4 is 33.8 Å². The summed E-state index contributed by atoms with van der Waals surface area (Å²) in [6.45, 7) is 0.227. The predicted molar refractivity (Wildman–Crippen MR) is 128 cm³/mol. The Labute approximate surface area is 195 Å². The van der Waals surface area contributed by atoms with Crippen molar-refractivity contribution in [2.75, 3.05) is 4.90 Å². The second-order valence-corrected chi connectivity index (χ2v) is 8.31. The van der Waals surface area contributed by atoms with Gasteiger partial charge in [0.25, 0.3) is 11.6 Å². The summed E-state index contributed by atoms with van der Waals surface area (Å²) >= 11 is 0. The first-order valence-corrected chi connectivity index (χ1v) is 10.8. The van der Waals surface area contributed by atoms with Gasteiger partial charge in [-0.25, -0.2) is 0 Å². The van der Waals surface area contributed by atoms with Gasteiger partial charge in [-0.1, -0.05) is 72.8 Å². The second-order valence-electron chi connectivity index (χ2n) is 8.31. The molecule has 0 spiro atoms. The van der Waals surface area contributed by atoms with Crippen molar-refractivity contribution in [2.24, 2.45) is 0 Å². The summed E-state index contributed by atoms with van der Waals surface area (Å²) in [5.74, 6) is -1.15. The van der Waals surface area contributed by atoms with E-state index in [0.29, 0.717) is 11.3 Å². The molecule has 0 bridgehead atoms. The first kappa shape index (κ1) is 21.5. The van der Waals surface area contributed by atoms with Gasteiger partial charge in [0.2, 0.25) is 0 Å². The van der Waals surface area contributed by atoms with Crippen molar-refractivity contribution in [3.8, 4) is 0 Å². The van der Waals surface area contributed by atoms with Crippen molar-refractivity contribution in [3.63, 3.8) is 0 Å². The van der Waals surface area contributed by atoms with E-state index in [-0.39, 0.29) is 17.8 Å². The van der Waals surface area contributed by atoms with E-state index in [1.807, 2.05) is 42.5 Å². The number of ketones is 1. The largest absolute Gasteiger partial charge is 0.375 e. The third-order valence-electron chi connectivity index (χ3n) is 6.24. The molecule has 0 aromatic heterocycles. The van der Waals surface area contributed by atoms with Crippen molar-refractivity contribution in [2.45, 2.75) is 18.6 Å². The number of benzene rings is 4. The Kier molecular flexibility index (Phi) is 5.18. The van der Waals surface area contributed by atoms with Gasteiger partial charge in [0.1, 0.15) is 0 Å². The Balaban J connectivity index is 1.51. The molecular formula is C27H20N2O5. The van der Waals surface area contributed by atoms with Crippen LogP contribution in [-0.2, 0) is 16.9 Å². The van der Waals surface area contributed by atoms with E-state index >= 15 is 0 Å². The van der Waals surface area contributed by atoms with E-state index in [2.05, 4.69) is 0 Å². The topological polar surface area (TPSA) is 101 Å². The maximum Gasteiger partial charge on any atom is 0.270 e. The number of anilines is 1. The van der Waals surface area contributed by atoms with Crippen LogP contribution in [-0.4, -0.2) is 21.7 Å². The lowest BCUT2D eigenvalue weighted by Gasteiger charge is -2.23. The van der Waals surface area contributed by atoms with Gasteiger partial charge in [0, 0.05) is 23.3 Å². The van der Waals surface area contributed by atoms with E-state index in [1.165, 1.54) is 23.1 Å². The van der Waals surface area contributed by atoms with Gasteiger partial charge >= 0.3 is 0 Å². The van der Waals surface area contributed by atoms with Crippen LogP contribution in [0.2, 0.25) is 0 Å². The molecule has 1 aliphatic rings. The van der Waals surface area contributed by atoms with Crippen LogP contribution in [0.1, 0.15) is 27.9 Å². The highest BCUT2D eigenvalue weighted by Crippen LogP contribution is 2.44. The Morgan fingerprint density at radius 3 is 2.47 bits per heavy atom. The molecule has 168 valence electrons. The zero-order valence-electron chi connectivity index (χ0n) is 18.0. The molecule has 1 aliphatic heterocycles. The maximum absolute atomic E-state index is 13.6. The maximum atomic E-state index is 13.6. The fraction of sp³-hybridized carbons (Fsp3) is 0.111. The molecule has 1 amide bonds. The first-order chi connectivity index (χ1) is 16.4. The summed E-state index contributed by atoms with van der Waals surface area (Å²) in [6.07, 6.45) is -0.518. The molecule has 4 aromatic carbocycles. The zero-order valence-corrected chi connectivity index (χ0v) is 18.0. The Hall–Kier alpha value is -4.36. The molecule has 5 rings (SSSR count). The van der Waals surface area contributed by atoms with Gasteiger partial charge in [-0.3, -0.25) is 19.7 Å². The number of nitro groups is 1. The van der Waals surface area contributed by atoms with Gasteiger partial charge in [0.05, 0.1) is 23.6 Å².